The molecule has 30 heavy (non-hydrogen) atoms. The van der Waals surface area contributed by atoms with Crippen molar-refractivity contribution in [3.05, 3.63) is 64.7 Å². The van der Waals surface area contributed by atoms with Crippen molar-refractivity contribution in [1.82, 2.24) is 10.2 Å². The zero-order valence-electron chi connectivity index (χ0n) is 18.0. The molecule has 6 heteroatoms. The van der Waals surface area contributed by atoms with Gasteiger partial charge in [0.2, 0.25) is 11.8 Å². The number of amides is 2. The van der Waals surface area contributed by atoms with Crippen LogP contribution in [0.5, 0.6) is 5.75 Å². The number of unbranched alkanes of at least 4 members (excludes halogenated alkanes) is 1. The second-order valence-electron chi connectivity index (χ2n) is 7.29. The Kier molecular flexibility index (Phi) is 9.68. The predicted molar refractivity (Wildman–Crippen MR) is 121 cm³/mol. The molecule has 5 nitrogen and oxygen atoms in total. The molecule has 1 unspecified atom stereocenters. The van der Waals surface area contributed by atoms with E-state index < -0.39 is 6.04 Å². The zero-order chi connectivity index (χ0) is 21.9. The molecule has 162 valence electrons. The van der Waals surface area contributed by atoms with E-state index in [0.29, 0.717) is 24.5 Å². The first-order valence-corrected chi connectivity index (χ1v) is 10.8. The summed E-state index contributed by atoms with van der Waals surface area (Å²) in [6, 6.07) is 14.5. The molecule has 0 aliphatic heterocycles. The van der Waals surface area contributed by atoms with E-state index in [4.69, 9.17) is 16.3 Å². The van der Waals surface area contributed by atoms with Gasteiger partial charge in [-0.15, -0.1) is 0 Å². The number of hydrogen-bond acceptors (Lipinski definition) is 3. The molecule has 2 aromatic carbocycles. The van der Waals surface area contributed by atoms with Crippen LogP contribution in [0.1, 0.15) is 44.2 Å². The van der Waals surface area contributed by atoms with Crippen LogP contribution in [0.3, 0.4) is 0 Å². The first-order chi connectivity index (χ1) is 14.5. The number of methoxy groups -OCH3 is 1. The smallest absolute Gasteiger partial charge is 0.242 e. The minimum Gasteiger partial charge on any atom is -0.497 e. The van der Waals surface area contributed by atoms with Gasteiger partial charge in [0.25, 0.3) is 0 Å². The van der Waals surface area contributed by atoms with Crippen molar-refractivity contribution in [2.24, 2.45) is 0 Å². The van der Waals surface area contributed by atoms with E-state index >= 15 is 0 Å². The number of carbonyl (C=O) groups excluding carboxylic acids is 2. The maximum atomic E-state index is 13.1. The highest BCUT2D eigenvalue weighted by Crippen LogP contribution is 2.20. The lowest BCUT2D eigenvalue weighted by Crippen LogP contribution is -2.47. The Balaban J connectivity index is 2.15. The molecule has 0 saturated carbocycles. The average molecular weight is 431 g/mol. The van der Waals surface area contributed by atoms with Crippen molar-refractivity contribution in [2.45, 2.75) is 52.1 Å². The lowest BCUT2D eigenvalue weighted by atomic mass is 10.1. The van der Waals surface area contributed by atoms with Gasteiger partial charge in [-0.1, -0.05) is 55.3 Å². The summed E-state index contributed by atoms with van der Waals surface area (Å²) in [5.41, 5.74) is 1.84. The van der Waals surface area contributed by atoms with E-state index in [2.05, 4.69) is 12.2 Å². The van der Waals surface area contributed by atoms with E-state index in [1.165, 1.54) is 0 Å². The molecule has 0 aliphatic rings. The van der Waals surface area contributed by atoms with Gasteiger partial charge in [-0.25, -0.2) is 0 Å². The van der Waals surface area contributed by atoms with Crippen molar-refractivity contribution in [2.75, 3.05) is 13.7 Å². The third-order valence-corrected chi connectivity index (χ3v) is 5.42. The number of rotatable bonds is 11. The molecule has 2 aromatic rings. The van der Waals surface area contributed by atoms with Gasteiger partial charge in [-0.2, -0.15) is 0 Å². The van der Waals surface area contributed by atoms with Gasteiger partial charge >= 0.3 is 0 Å². The van der Waals surface area contributed by atoms with Crippen LogP contribution in [-0.4, -0.2) is 36.4 Å². The van der Waals surface area contributed by atoms with Crippen molar-refractivity contribution in [3.8, 4) is 5.75 Å². The van der Waals surface area contributed by atoms with Gasteiger partial charge in [0, 0.05) is 24.5 Å². The van der Waals surface area contributed by atoms with Crippen molar-refractivity contribution in [3.63, 3.8) is 0 Å². The molecule has 2 rings (SSSR count). The van der Waals surface area contributed by atoms with Crippen LogP contribution >= 0.6 is 11.6 Å². The average Bonchev–Trinajstić information content (AvgIpc) is 2.76. The van der Waals surface area contributed by atoms with Gasteiger partial charge in [0.1, 0.15) is 11.8 Å². The normalized spacial score (nSPS) is 11.6. The summed E-state index contributed by atoms with van der Waals surface area (Å²) in [5.74, 6) is 0.490. The molecule has 0 fully saturated rings. The quantitative estimate of drug-likeness (QED) is 0.529. The molecule has 0 saturated heterocycles. The second-order valence-corrected chi connectivity index (χ2v) is 7.69. The Morgan fingerprint density at radius 1 is 1.17 bits per heavy atom. The molecule has 0 spiro atoms. The topological polar surface area (TPSA) is 58.6 Å². The third-order valence-electron chi connectivity index (χ3n) is 5.05. The molecule has 0 aliphatic carbocycles. The first kappa shape index (κ1) is 23.7. The van der Waals surface area contributed by atoms with Crippen molar-refractivity contribution in [1.29, 1.82) is 0 Å². The number of benzene rings is 2. The van der Waals surface area contributed by atoms with E-state index in [1.54, 1.807) is 18.9 Å². The Morgan fingerprint density at radius 2 is 1.93 bits per heavy atom. The number of nitrogens with zero attached hydrogens (tertiary/aromatic N) is 1. The van der Waals surface area contributed by atoms with Crippen LogP contribution in [0.25, 0.3) is 0 Å². The summed E-state index contributed by atoms with van der Waals surface area (Å²) >= 11 is 6.23. The number of carbonyl (C=O) groups is 2. The highest BCUT2D eigenvalue weighted by molar-refractivity contribution is 6.31. The van der Waals surface area contributed by atoms with Crippen molar-refractivity contribution < 1.29 is 14.3 Å². The highest BCUT2D eigenvalue weighted by Gasteiger charge is 2.26. The van der Waals surface area contributed by atoms with Crippen molar-refractivity contribution >= 4 is 23.4 Å². The van der Waals surface area contributed by atoms with E-state index in [1.807, 2.05) is 48.5 Å². The van der Waals surface area contributed by atoms with E-state index in [0.717, 1.165) is 29.7 Å². The van der Waals surface area contributed by atoms with E-state index in [-0.39, 0.29) is 18.2 Å². The molecule has 1 N–H and O–H groups in total. The monoisotopic (exact) mass is 430 g/mol. The van der Waals surface area contributed by atoms with Crippen LogP contribution in [0.2, 0.25) is 5.02 Å². The van der Waals surface area contributed by atoms with E-state index in [9.17, 15) is 9.59 Å². The van der Waals surface area contributed by atoms with Crippen LogP contribution in [-0.2, 0) is 22.6 Å². The number of hydrogen-bond donors (Lipinski definition) is 1. The SMILES string of the molecule is CCCCNC(=O)C(C)N(Cc1cccc(OC)c1)C(=O)CCc1ccccc1Cl. The fourth-order valence-corrected chi connectivity index (χ4v) is 3.40. The number of aryl methyl sites for hydroxylation is 1. The predicted octanol–water partition coefficient (Wildman–Crippen LogP) is 4.61. The Morgan fingerprint density at radius 3 is 2.63 bits per heavy atom. The molecule has 0 radical (unpaired) electrons. The molecular formula is C24H31ClN2O3. The minimum atomic E-state index is -0.577. The third kappa shape index (κ3) is 7.06. The maximum Gasteiger partial charge on any atom is 0.242 e. The molecule has 0 heterocycles. The minimum absolute atomic E-state index is 0.0871. The van der Waals surface area contributed by atoms with Gasteiger partial charge in [-0.05, 0) is 49.1 Å². The second kappa shape index (κ2) is 12.2. The fourth-order valence-electron chi connectivity index (χ4n) is 3.17. The van der Waals surface area contributed by atoms with Gasteiger partial charge in [0.15, 0.2) is 0 Å². The fraction of sp³-hybridized carbons (Fsp3) is 0.417. The van der Waals surface area contributed by atoms with Crippen LogP contribution in [0.4, 0.5) is 0 Å². The van der Waals surface area contributed by atoms with Gasteiger partial charge < -0.3 is 15.0 Å². The first-order valence-electron chi connectivity index (χ1n) is 10.4. The maximum absolute atomic E-state index is 13.1. The van der Waals surface area contributed by atoms with Gasteiger partial charge in [0.05, 0.1) is 7.11 Å². The molecule has 0 aromatic heterocycles. The summed E-state index contributed by atoms with van der Waals surface area (Å²) in [4.78, 5) is 27.4. The van der Waals surface area contributed by atoms with Gasteiger partial charge in [-0.3, -0.25) is 9.59 Å². The Bertz CT molecular complexity index is 841. The van der Waals surface area contributed by atoms with Crippen LogP contribution in [0.15, 0.2) is 48.5 Å². The number of nitrogens with one attached hydrogen (secondary N) is 1. The Hall–Kier alpha value is -2.53. The molecular weight excluding hydrogens is 400 g/mol. The lowest BCUT2D eigenvalue weighted by Gasteiger charge is -2.29. The largest absolute Gasteiger partial charge is 0.497 e. The summed E-state index contributed by atoms with van der Waals surface area (Å²) in [7, 11) is 1.61. The van der Waals surface area contributed by atoms with Crippen LogP contribution in [0, 0.1) is 0 Å². The summed E-state index contributed by atoms with van der Waals surface area (Å²) in [5, 5.41) is 3.58. The lowest BCUT2D eigenvalue weighted by molar-refractivity contribution is -0.140. The standard InChI is InChI=1S/C24H31ClN2O3/c1-4-5-15-26-24(29)18(2)27(17-19-9-8-11-21(16-19)30-3)23(28)14-13-20-10-6-7-12-22(20)25/h6-12,16,18H,4-5,13-15,17H2,1-3H3,(H,26,29). The summed E-state index contributed by atoms with van der Waals surface area (Å²) in [6.45, 7) is 4.79. The number of ether oxygens (including phenoxy) is 1. The zero-order valence-corrected chi connectivity index (χ0v) is 18.7. The summed E-state index contributed by atoms with van der Waals surface area (Å²) < 4.78 is 5.29. The summed E-state index contributed by atoms with van der Waals surface area (Å²) in [6.07, 6.45) is 2.71. The molecule has 2 amide bonds. The highest BCUT2D eigenvalue weighted by atomic mass is 35.5. The number of halogens is 1. The van der Waals surface area contributed by atoms with Crippen LogP contribution < -0.4 is 10.1 Å². The Labute approximate surface area is 184 Å². The molecule has 0 bridgehead atoms. The molecule has 1 atom stereocenters.